The lowest BCUT2D eigenvalue weighted by Gasteiger charge is -2.09. The monoisotopic (exact) mass is 212 g/mol. The summed E-state index contributed by atoms with van der Waals surface area (Å²) >= 11 is 3.39. The van der Waals surface area contributed by atoms with Crippen LogP contribution in [0, 0.1) is 0 Å². The van der Waals surface area contributed by atoms with Crippen molar-refractivity contribution in [1.82, 2.24) is 0 Å². The maximum absolute atomic E-state index is 4.04. The molecule has 0 heterocycles. The number of nitrogens with zero attached hydrogens (tertiary/aromatic N) is 1. The second kappa shape index (κ2) is 4.52. The minimum absolute atomic E-state index is 0.918. The van der Waals surface area contributed by atoms with Gasteiger partial charge < -0.3 is 5.32 Å². The summed E-state index contributed by atoms with van der Waals surface area (Å²) in [6.07, 6.45) is 1.05. The van der Waals surface area contributed by atoms with E-state index >= 15 is 0 Å². The Labute approximate surface area is 75.9 Å². The largest absolute Gasteiger partial charge is 0.665 e. The topological polar surface area (TPSA) is 14.1 Å². The fourth-order valence-electron chi connectivity index (χ4n) is 0.892. The Hall–Kier alpha value is -0.340. The first kappa shape index (κ1) is 8.75. The molecule has 11 heavy (non-hydrogen) atoms. The van der Waals surface area contributed by atoms with E-state index in [1.54, 1.807) is 0 Å². The minimum Gasteiger partial charge on any atom is -0.665 e. The van der Waals surface area contributed by atoms with Crippen molar-refractivity contribution >= 4 is 15.9 Å². The second-order valence-electron chi connectivity index (χ2n) is 2.42. The van der Waals surface area contributed by atoms with Crippen molar-refractivity contribution in [2.45, 2.75) is 6.42 Å². The van der Waals surface area contributed by atoms with Crippen LogP contribution in [0.4, 0.5) is 0 Å². The third kappa shape index (κ3) is 3.04. The minimum atomic E-state index is 0.918. The van der Waals surface area contributed by atoms with Gasteiger partial charge in [0.05, 0.1) is 0 Å². The molecule has 0 bridgehead atoms. The Morgan fingerprint density at radius 1 is 1.27 bits per heavy atom. The molecule has 2 heteroatoms. The molecule has 0 aliphatic rings. The Bertz CT molecular complexity index is 205. The third-order valence-electron chi connectivity index (χ3n) is 1.54. The molecule has 0 unspecified atom stereocenters. The molecule has 0 spiro atoms. The van der Waals surface area contributed by atoms with E-state index in [0.717, 1.165) is 17.4 Å². The lowest BCUT2D eigenvalue weighted by molar-refractivity contribution is 1.04. The van der Waals surface area contributed by atoms with Gasteiger partial charge in [-0.25, -0.2) is 0 Å². The summed E-state index contributed by atoms with van der Waals surface area (Å²) < 4.78 is 1.13. The van der Waals surface area contributed by atoms with Crippen molar-refractivity contribution < 1.29 is 0 Å². The Kier molecular flexibility index (Phi) is 3.60. The van der Waals surface area contributed by atoms with Gasteiger partial charge in [0, 0.05) is 4.47 Å². The molecule has 60 valence electrons. The Morgan fingerprint density at radius 2 is 1.91 bits per heavy atom. The van der Waals surface area contributed by atoms with Gasteiger partial charge in [0.25, 0.3) is 0 Å². The maximum atomic E-state index is 4.04. The first-order valence-electron chi connectivity index (χ1n) is 3.63. The lowest BCUT2D eigenvalue weighted by Crippen LogP contribution is -1.88. The van der Waals surface area contributed by atoms with Crippen molar-refractivity contribution in [3.63, 3.8) is 0 Å². The fourth-order valence-corrected chi connectivity index (χ4v) is 1.16. The number of benzene rings is 1. The first-order chi connectivity index (χ1) is 5.33. The fraction of sp³-hybridized carbons (Fsp3) is 0.333. The van der Waals surface area contributed by atoms with E-state index in [-0.39, 0.29) is 0 Å². The van der Waals surface area contributed by atoms with Crippen LogP contribution in [0.1, 0.15) is 5.56 Å². The van der Waals surface area contributed by atoms with E-state index in [2.05, 4.69) is 45.5 Å². The van der Waals surface area contributed by atoms with Crippen LogP contribution in [-0.4, -0.2) is 13.6 Å². The number of rotatable bonds is 3. The maximum Gasteiger partial charge on any atom is 0.0175 e. The highest BCUT2D eigenvalue weighted by atomic mass is 79.9. The molecular weight excluding hydrogens is 202 g/mol. The van der Waals surface area contributed by atoms with Crippen molar-refractivity contribution in [3.8, 4) is 0 Å². The predicted molar refractivity (Wildman–Crippen MR) is 52.0 cm³/mol. The average molecular weight is 213 g/mol. The van der Waals surface area contributed by atoms with E-state index in [1.165, 1.54) is 5.56 Å². The van der Waals surface area contributed by atoms with E-state index in [4.69, 9.17) is 0 Å². The summed E-state index contributed by atoms with van der Waals surface area (Å²) in [5.74, 6) is 0. The molecule has 1 rings (SSSR count). The van der Waals surface area contributed by atoms with Gasteiger partial charge in [0.1, 0.15) is 0 Å². The molecular formula is C9H11BrN-. The molecule has 0 aromatic heterocycles. The van der Waals surface area contributed by atoms with Crippen LogP contribution >= 0.6 is 15.9 Å². The van der Waals surface area contributed by atoms with Crippen molar-refractivity contribution in [2.75, 3.05) is 13.6 Å². The highest BCUT2D eigenvalue weighted by Crippen LogP contribution is 2.10. The van der Waals surface area contributed by atoms with Gasteiger partial charge in [-0.3, -0.25) is 0 Å². The van der Waals surface area contributed by atoms with Crippen molar-refractivity contribution in [2.24, 2.45) is 0 Å². The highest BCUT2D eigenvalue weighted by molar-refractivity contribution is 9.10. The quantitative estimate of drug-likeness (QED) is 0.732. The first-order valence-corrected chi connectivity index (χ1v) is 4.42. The molecule has 0 N–H and O–H groups in total. The molecule has 1 nitrogen and oxygen atoms in total. The van der Waals surface area contributed by atoms with E-state index < -0.39 is 0 Å². The molecule has 1 aromatic carbocycles. The van der Waals surface area contributed by atoms with Crippen molar-refractivity contribution in [1.29, 1.82) is 0 Å². The van der Waals surface area contributed by atoms with Gasteiger partial charge in [-0.05, 0) is 24.1 Å². The van der Waals surface area contributed by atoms with Crippen LogP contribution in [0.3, 0.4) is 0 Å². The smallest absolute Gasteiger partial charge is 0.0175 e. The van der Waals surface area contributed by atoms with Crippen LogP contribution in [-0.2, 0) is 6.42 Å². The van der Waals surface area contributed by atoms with Gasteiger partial charge in [-0.15, -0.1) is 6.54 Å². The number of halogens is 1. The Morgan fingerprint density at radius 3 is 2.45 bits per heavy atom. The average Bonchev–Trinajstić information content (AvgIpc) is 2.04. The summed E-state index contributed by atoms with van der Waals surface area (Å²) in [5, 5.41) is 4.04. The van der Waals surface area contributed by atoms with Gasteiger partial charge in [0.15, 0.2) is 0 Å². The van der Waals surface area contributed by atoms with Gasteiger partial charge in [-0.1, -0.05) is 28.1 Å². The van der Waals surface area contributed by atoms with E-state index in [1.807, 2.05) is 7.05 Å². The van der Waals surface area contributed by atoms with Crippen LogP contribution in [0.25, 0.3) is 5.32 Å². The number of likely N-dealkylation sites (N-methyl/N-ethyl adjacent to an activating group) is 1. The zero-order valence-corrected chi connectivity index (χ0v) is 8.13. The zero-order valence-electron chi connectivity index (χ0n) is 6.55. The standard InChI is InChI=1S/C9H11BrN/c1-11-7-6-8-2-4-9(10)5-3-8/h2-5H,6-7H2,1H3/q-1. The molecule has 0 radical (unpaired) electrons. The van der Waals surface area contributed by atoms with Gasteiger partial charge in [0.2, 0.25) is 0 Å². The summed E-state index contributed by atoms with van der Waals surface area (Å²) in [6.45, 7) is 0.918. The van der Waals surface area contributed by atoms with Gasteiger partial charge >= 0.3 is 0 Å². The van der Waals surface area contributed by atoms with Crippen LogP contribution in [0.2, 0.25) is 0 Å². The molecule has 0 amide bonds. The molecule has 0 atom stereocenters. The number of hydrogen-bond acceptors (Lipinski definition) is 0. The second-order valence-corrected chi connectivity index (χ2v) is 3.33. The van der Waals surface area contributed by atoms with Crippen molar-refractivity contribution in [3.05, 3.63) is 39.6 Å². The molecule has 0 aliphatic heterocycles. The van der Waals surface area contributed by atoms with Crippen LogP contribution in [0.5, 0.6) is 0 Å². The summed E-state index contributed by atoms with van der Waals surface area (Å²) in [7, 11) is 1.85. The Balaban J connectivity index is 2.52. The molecule has 0 aliphatic carbocycles. The molecule has 0 fully saturated rings. The van der Waals surface area contributed by atoms with E-state index in [9.17, 15) is 0 Å². The molecule has 0 saturated carbocycles. The van der Waals surface area contributed by atoms with E-state index in [0.29, 0.717) is 0 Å². The summed E-state index contributed by atoms with van der Waals surface area (Å²) in [6, 6.07) is 8.36. The van der Waals surface area contributed by atoms with Crippen LogP contribution in [0.15, 0.2) is 28.7 Å². The van der Waals surface area contributed by atoms with Crippen LogP contribution < -0.4 is 0 Å². The lowest BCUT2D eigenvalue weighted by atomic mass is 10.1. The number of hydrogen-bond donors (Lipinski definition) is 0. The normalized spacial score (nSPS) is 10.0. The summed E-state index contributed by atoms with van der Waals surface area (Å²) in [4.78, 5) is 0. The zero-order chi connectivity index (χ0) is 8.10. The predicted octanol–water partition coefficient (Wildman–Crippen LogP) is 3.00. The molecule has 1 aromatic rings. The molecule has 0 saturated heterocycles. The summed E-state index contributed by atoms with van der Waals surface area (Å²) in [5.41, 5.74) is 1.35. The van der Waals surface area contributed by atoms with Gasteiger partial charge in [-0.2, -0.15) is 7.05 Å². The highest BCUT2D eigenvalue weighted by Gasteiger charge is 1.87. The third-order valence-corrected chi connectivity index (χ3v) is 2.07. The SMILES string of the molecule is C[N-]CCc1ccc(Br)cc1.